The number of nitrogens with one attached hydrogen (secondary N) is 1. The Labute approximate surface area is 119 Å². The Morgan fingerprint density at radius 2 is 1.95 bits per heavy atom. The van der Waals surface area contributed by atoms with Crippen molar-refractivity contribution in [3.63, 3.8) is 0 Å². The van der Waals surface area contributed by atoms with Crippen molar-refractivity contribution in [2.45, 2.75) is 0 Å². The van der Waals surface area contributed by atoms with Crippen molar-refractivity contribution >= 4 is 23.2 Å². The van der Waals surface area contributed by atoms with E-state index in [-0.39, 0.29) is 16.3 Å². The monoisotopic (exact) mass is 297 g/mol. The Bertz CT molecular complexity index is 662. The maximum atomic E-state index is 13.2. The molecule has 1 amide bonds. The minimum Gasteiger partial charge on any atom is -0.496 e. The van der Waals surface area contributed by atoms with Crippen LogP contribution in [0.4, 0.5) is 14.5 Å². The summed E-state index contributed by atoms with van der Waals surface area (Å²) >= 11 is 5.62. The van der Waals surface area contributed by atoms with Gasteiger partial charge in [-0.05, 0) is 36.4 Å². The van der Waals surface area contributed by atoms with Gasteiger partial charge in [0.25, 0.3) is 5.91 Å². The van der Waals surface area contributed by atoms with Crippen LogP contribution >= 0.6 is 11.6 Å². The molecule has 0 unspecified atom stereocenters. The van der Waals surface area contributed by atoms with E-state index < -0.39 is 17.5 Å². The van der Waals surface area contributed by atoms with Crippen LogP contribution in [0.3, 0.4) is 0 Å². The van der Waals surface area contributed by atoms with Crippen LogP contribution in [0.5, 0.6) is 5.75 Å². The van der Waals surface area contributed by atoms with Gasteiger partial charge >= 0.3 is 0 Å². The quantitative estimate of drug-likeness (QED) is 0.933. The lowest BCUT2D eigenvalue weighted by Crippen LogP contribution is -2.13. The van der Waals surface area contributed by atoms with Gasteiger partial charge in [0.1, 0.15) is 17.4 Å². The van der Waals surface area contributed by atoms with Gasteiger partial charge in [-0.25, -0.2) is 8.78 Å². The van der Waals surface area contributed by atoms with Gasteiger partial charge in [0, 0.05) is 5.69 Å². The van der Waals surface area contributed by atoms with Crippen LogP contribution in [-0.4, -0.2) is 13.0 Å². The second-order valence-electron chi connectivity index (χ2n) is 3.93. The fourth-order valence-corrected chi connectivity index (χ4v) is 1.81. The molecule has 1 N–H and O–H groups in total. The second-order valence-corrected chi connectivity index (χ2v) is 4.33. The minimum atomic E-state index is -0.590. The van der Waals surface area contributed by atoms with Crippen LogP contribution in [0, 0.1) is 11.6 Å². The largest absolute Gasteiger partial charge is 0.496 e. The summed E-state index contributed by atoms with van der Waals surface area (Å²) in [5.74, 6) is -1.50. The fourth-order valence-electron chi connectivity index (χ4n) is 1.63. The predicted molar refractivity (Wildman–Crippen MR) is 72.3 cm³/mol. The van der Waals surface area contributed by atoms with Crippen molar-refractivity contribution in [1.29, 1.82) is 0 Å². The summed E-state index contributed by atoms with van der Waals surface area (Å²) in [7, 11) is 1.37. The van der Waals surface area contributed by atoms with Crippen molar-refractivity contribution in [2.24, 2.45) is 0 Å². The maximum absolute atomic E-state index is 13.2. The van der Waals surface area contributed by atoms with E-state index in [0.29, 0.717) is 5.69 Å². The SMILES string of the molecule is COc1ccc(F)cc1C(=O)Nc1ccc(F)c(Cl)c1. The van der Waals surface area contributed by atoms with Gasteiger partial charge in [-0.3, -0.25) is 4.79 Å². The molecule has 0 aliphatic carbocycles. The van der Waals surface area contributed by atoms with E-state index in [2.05, 4.69) is 5.32 Å². The molecule has 6 heteroatoms. The van der Waals surface area contributed by atoms with Crippen molar-refractivity contribution in [3.05, 3.63) is 58.6 Å². The third-order valence-corrected chi connectivity index (χ3v) is 2.87. The molecule has 0 spiro atoms. The number of amides is 1. The lowest BCUT2D eigenvalue weighted by molar-refractivity contribution is 0.102. The average molecular weight is 298 g/mol. The Morgan fingerprint density at radius 3 is 2.60 bits per heavy atom. The third-order valence-electron chi connectivity index (χ3n) is 2.58. The van der Waals surface area contributed by atoms with Gasteiger partial charge in [-0.2, -0.15) is 0 Å². The molecule has 0 aliphatic rings. The summed E-state index contributed by atoms with van der Waals surface area (Å²) in [4.78, 5) is 12.0. The Balaban J connectivity index is 2.27. The highest BCUT2D eigenvalue weighted by atomic mass is 35.5. The van der Waals surface area contributed by atoms with E-state index in [4.69, 9.17) is 16.3 Å². The highest BCUT2D eigenvalue weighted by Gasteiger charge is 2.14. The molecule has 2 aromatic rings. The summed E-state index contributed by atoms with van der Waals surface area (Å²) < 4.78 is 31.2. The number of hydrogen-bond acceptors (Lipinski definition) is 2. The molecular formula is C14H10ClF2NO2. The number of carbonyl (C=O) groups excluding carboxylic acids is 1. The molecule has 0 atom stereocenters. The zero-order chi connectivity index (χ0) is 14.7. The lowest BCUT2D eigenvalue weighted by atomic mass is 10.1. The van der Waals surface area contributed by atoms with Crippen molar-refractivity contribution < 1.29 is 18.3 Å². The first kappa shape index (κ1) is 14.3. The van der Waals surface area contributed by atoms with Crippen LogP contribution in [0.15, 0.2) is 36.4 Å². The van der Waals surface area contributed by atoms with E-state index in [1.165, 1.54) is 31.4 Å². The Morgan fingerprint density at radius 1 is 1.20 bits per heavy atom. The lowest BCUT2D eigenvalue weighted by Gasteiger charge is -2.09. The first-order valence-corrected chi connectivity index (χ1v) is 5.99. The molecule has 20 heavy (non-hydrogen) atoms. The summed E-state index contributed by atoms with van der Waals surface area (Å²) in [6.45, 7) is 0. The number of methoxy groups -OCH3 is 1. The topological polar surface area (TPSA) is 38.3 Å². The fraction of sp³-hybridized carbons (Fsp3) is 0.0714. The van der Waals surface area contributed by atoms with E-state index in [9.17, 15) is 13.6 Å². The number of rotatable bonds is 3. The maximum Gasteiger partial charge on any atom is 0.259 e. The number of halogens is 3. The molecule has 0 heterocycles. The minimum absolute atomic E-state index is 0.0351. The van der Waals surface area contributed by atoms with E-state index in [1.807, 2.05) is 0 Å². The molecule has 3 nitrogen and oxygen atoms in total. The molecule has 0 bridgehead atoms. The van der Waals surface area contributed by atoms with Crippen LogP contribution in [0.2, 0.25) is 5.02 Å². The van der Waals surface area contributed by atoms with Gasteiger partial charge < -0.3 is 10.1 Å². The zero-order valence-corrected chi connectivity index (χ0v) is 11.2. The van der Waals surface area contributed by atoms with Crippen molar-refractivity contribution in [3.8, 4) is 5.75 Å². The Kier molecular flexibility index (Phi) is 4.20. The van der Waals surface area contributed by atoms with Gasteiger partial charge in [-0.1, -0.05) is 11.6 Å². The number of benzene rings is 2. The van der Waals surface area contributed by atoms with Gasteiger partial charge in [0.15, 0.2) is 0 Å². The van der Waals surface area contributed by atoms with Crippen molar-refractivity contribution in [2.75, 3.05) is 12.4 Å². The summed E-state index contributed by atoms with van der Waals surface area (Å²) in [5, 5.41) is 2.37. The van der Waals surface area contributed by atoms with Gasteiger partial charge in [-0.15, -0.1) is 0 Å². The molecule has 0 radical (unpaired) electrons. The predicted octanol–water partition coefficient (Wildman–Crippen LogP) is 3.88. The smallest absolute Gasteiger partial charge is 0.259 e. The molecule has 2 rings (SSSR count). The second kappa shape index (κ2) is 5.88. The van der Waals surface area contributed by atoms with Crippen LogP contribution in [0.1, 0.15) is 10.4 Å². The standard InChI is InChI=1S/C14H10ClF2NO2/c1-20-13-5-2-8(16)6-10(13)14(19)18-9-3-4-12(17)11(15)7-9/h2-7H,1H3,(H,18,19). The Hall–Kier alpha value is -2.14. The first-order valence-electron chi connectivity index (χ1n) is 5.61. The zero-order valence-electron chi connectivity index (χ0n) is 10.4. The first-order chi connectivity index (χ1) is 9.51. The van der Waals surface area contributed by atoms with Gasteiger partial charge in [0.05, 0.1) is 17.7 Å². The van der Waals surface area contributed by atoms with E-state index in [0.717, 1.165) is 12.1 Å². The molecule has 104 valence electrons. The summed E-state index contributed by atoms with van der Waals surface area (Å²) in [6.07, 6.45) is 0. The highest BCUT2D eigenvalue weighted by molar-refractivity contribution is 6.31. The summed E-state index contributed by atoms with van der Waals surface area (Å²) in [5.41, 5.74) is 0.334. The number of anilines is 1. The van der Waals surface area contributed by atoms with Gasteiger partial charge in [0.2, 0.25) is 0 Å². The summed E-state index contributed by atoms with van der Waals surface area (Å²) in [6, 6.07) is 7.33. The van der Waals surface area contributed by atoms with Crippen LogP contribution in [0.25, 0.3) is 0 Å². The number of hydrogen-bond donors (Lipinski definition) is 1. The van der Waals surface area contributed by atoms with E-state index in [1.54, 1.807) is 0 Å². The van der Waals surface area contributed by atoms with Crippen LogP contribution < -0.4 is 10.1 Å². The van der Waals surface area contributed by atoms with E-state index >= 15 is 0 Å². The van der Waals surface area contributed by atoms with Crippen LogP contribution in [-0.2, 0) is 0 Å². The third kappa shape index (κ3) is 3.05. The van der Waals surface area contributed by atoms with Crippen molar-refractivity contribution in [1.82, 2.24) is 0 Å². The number of ether oxygens (including phenoxy) is 1. The number of carbonyl (C=O) groups is 1. The molecule has 0 saturated carbocycles. The molecule has 0 fully saturated rings. The average Bonchev–Trinajstić information content (AvgIpc) is 2.43. The molecule has 0 saturated heterocycles. The molecule has 0 aliphatic heterocycles. The highest BCUT2D eigenvalue weighted by Crippen LogP contribution is 2.23. The molecular weight excluding hydrogens is 288 g/mol. The normalized spacial score (nSPS) is 10.2. The molecule has 2 aromatic carbocycles. The molecule has 0 aromatic heterocycles.